The lowest BCUT2D eigenvalue weighted by Crippen LogP contribution is -2.55. The van der Waals surface area contributed by atoms with E-state index in [4.69, 9.17) is 4.98 Å². The molecule has 1 fully saturated rings. The van der Waals surface area contributed by atoms with Gasteiger partial charge in [0.1, 0.15) is 5.82 Å². The molecule has 1 aliphatic heterocycles. The Hall–Kier alpha value is -3.48. The van der Waals surface area contributed by atoms with Gasteiger partial charge in [-0.15, -0.1) is 10.2 Å². The molecule has 1 atom stereocenters. The third-order valence-electron chi connectivity index (χ3n) is 6.19. The fourth-order valence-corrected chi connectivity index (χ4v) is 4.52. The Morgan fingerprint density at radius 3 is 2.53 bits per heavy atom. The van der Waals surface area contributed by atoms with Gasteiger partial charge >= 0.3 is 0 Å². The van der Waals surface area contributed by atoms with Crippen LogP contribution in [0.1, 0.15) is 32.2 Å². The molecule has 0 radical (unpaired) electrons. The summed E-state index contributed by atoms with van der Waals surface area (Å²) in [5, 5.41) is 10.1. The van der Waals surface area contributed by atoms with Crippen LogP contribution >= 0.6 is 0 Å². The van der Waals surface area contributed by atoms with Gasteiger partial charge < -0.3 is 9.80 Å². The molecule has 32 heavy (non-hydrogen) atoms. The van der Waals surface area contributed by atoms with Gasteiger partial charge in [-0.1, -0.05) is 56.3 Å². The van der Waals surface area contributed by atoms with Crippen LogP contribution in [0.2, 0.25) is 0 Å². The van der Waals surface area contributed by atoms with Crippen molar-refractivity contribution in [3.05, 3.63) is 66.0 Å². The summed E-state index contributed by atoms with van der Waals surface area (Å²) in [6, 6.07) is 18.5. The third kappa shape index (κ3) is 3.57. The van der Waals surface area contributed by atoms with Crippen LogP contribution in [0, 0.1) is 5.92 Å². The van der Waals surface area contributed by atoms with E-state index < -0.39 is 0 Å². The number of benzene rings is 2. The van der Waals surface area contributed by atoms with E-state index in [2.05, 4.69) is 38.6 Å². The summed E-state index contributed by atoms with van der Waals surface area (Å²) < 4.78 is 2.10. The Balaban J connectivity index is 1.58. The summed E-state index contributed by atoms with van der Waals surface area (Å²) in [6.45, 7) is 8.17. The smallest absolute Gasteiger partial charge is 0.225 e. The highest BCUT2D eigenvalue weighted by molar-refractivity contribution is 5.92. The van der Waals surface area contributed by atoms with E-state index in [9.17, 15) is 4.79 Å². The lowest BCUT2D eigenvalue weighted by Gasteiger charge is -2.41. The first kappa shape index (κ1) is 20.4. The van der Waals surface area contributed by atoms with Crippen molar-refractivity contribution in [3.8, 4) is 0 Å². The van der Waals surface area contributed by atoms with Crippen LogP contribution in [0.4, 0.5) is 5.95 Å². The van der Waals surface area contributed by atoms with Crippen molar-refractivity contribution in [1.29, 1.82) is 0 Å². The molecular formula is C25H28N6O. The first-order valence-electron chi connectivity index (χ1n) is 11.2. The minimum Gasteiger partial charge on any atom is -0.338 e. The average Bonchev–Trinajstić information content (AvgIpc) is 3.22. The third-order valence-corrected chi connectivity index (χ3v) is 6.19. The second kappa shape index (κ2) is 8.22. The maximum Gasteiger partial charge on any atom is 0.225 e. The number of para-hydroxylation sites is 1. The van der Waals surface area contributed by atoms with E-state index in [1.54, 1.807) is 0 Å². The van der Waals surface area contributed by atoms with E-state index in [-0.39, 0.29) is 17.9 Å². The largest absolute Gasteiger partial charge is 0.338 e. The molecule has 0 saturated carbocycles. The molecule has 0 N–H and O–H groups in total. The maximum absolute atomic E-state index is 12.6. The Labute approximate surface area is 187 Å². The summed E-state index contributed by atoms with van der Waals surface area (Å²) in [4.78, 5) is 21.9. The average molecular weight is 429 g/mol. The van der Waals surface area contributed by atoms with Crippen molar-refractivity contribution < 1.29 is 4.79 Å². The van der Waals surface area contributed by atoms with Crippen LogP contribution in [0.3, 0.4) is 0 Å². The number of rotatable bonds is 4. The van der Waals surface area contributed by atoms with E-state index in [0.29, 0.717) is 13.0 Å². The minimum absolute atomic E-state index is 0.00447. The van der Waals surface area contributed by atoms with Gasteiger partial charge in [0, 0.05) is 43.4 Å². The van der Waals surface area contributed by atoms with Crippen molar-refractivity contribution in [2.45, 2.75) is 33.2 Å². The summed E-state index contributed by atoms with van der Waals surface area (Å²) in [5.41, 5.74) is 2.91. The molecule has 7 heteroatoms. The first-order chi connectivity index (χ1) is 15.5. The van der Waals surface area contributed by atoms with Gasteiger partial charge in [-0.2, -0.15) is 0 Å². The summed E-state index contributed by atoms with van der Waals surface area (Å²) in [7, 11) is 0. The van der Waals surface area contributed by atoms with Crippen LogP contribution in [-0.4, -0.2) is 56.1 Å². The van der Waals surface area contributed by atoms with Crippen molar-refractivity contribution >= 4 is 28.4 Å². The Morgan fingerprint density at radius 2 is 1.78 bits per heavy atom. The van der Waals surface area contributed by atoms with Crippen molar-refractivity contribution in [3.63, 3.8) is 0 Å². The van der Waals surface area contributed by atoms with Gasteiger partial charge in [0.05, 0.1) is 5.52 Å². The molecule has 0 bridgehead atoms. The predicted molar refractivity (Wildman–Crippen MR) is 126 cm³/mol. The van der Waals surface area contributed by atoms with Gasteiger partial charge in [-0.3, -0.25) is 4.79 Å². The number of aromatic nitrogens is 4. The fraction of sp³-hybridized carbons (Fsp3) is 0.360. The number of hydrogen-bond acceptors (Lipinski definition) is 5. The number of hydrogen-bond donors (Lipinski definition) is 0. The molecule has 0 spiro atoms. The quantitative estimate of drug-likeness (QED) is 0.497. The number of anilines is 1. The number of carbonyl (C=O) groups excluding carboxylic acids is 1. The molecule has 2 aromatic carbocycles. The molecular weight excluding hydrogens is 400 g/mol. The van der Waals surface area contributed by atoms with Crippen molar-refractivity contribution in [2.75, 3.05) is 24.5 Å². The lowest BCUT2D eigenvalue weighted by atomic mass is 10.1. The summed E-state index contributed by atoms with van der Waals surface area (Å²) in [6.07, 6.45) is 0.677. The number of fused-ring (bicyclic) bond motifs is 3. The van der Waals surface area contributed by atoms with Crippen LogP contribution in [0.5, 0.6) is 0 Å². The van der Waals surface area contributed by atoms with Crippen molar-refractivity contribution in [1.82, 2.24) is 24.5 Å². The number of nitrogens with zero attached hydrogens (tertiary/aromatic N) is 6. The molecule has 5 rings (SSSR count). The standard InChI is InChI=1S/C25H28N6O/c1-17(2)24(32)30-14-13-29(16-18(30)3)25-26-21-12-8-7-11-20(21)23-28-27-22(31(23)25)15-19-9-5-4-6-10-19/h4-12,17-18H,13-16H2,1-3H3/t18-/m1/s1. The molecule has 4 aromatic rings. The van der Waals surface area contributed by atoms with Crippen LogP contribution in [-0.2, 0) is 11.2 Å². The molecule has 3 heterocycles. The Kier molecular flexibility index (Phi) is 5.25. The van der Waals surface area contributed by atoms with Gasteiger partial charge in [-0.25, -0.2) is 9.38 Å². The highest BCUT2D eigenvalue weighted by Gasteiger charge is 2.31. The first-order valence-corrected chi connectivity index (χ1v) is 11.2. The van der Waals surface area contributed by atoms with E-state index >= 15 is 0 Å². The minimum atomic E-state index is 0.00447. The summed E-state index contributed by atoms with van der Waals surface area (Å²) >= 11 is 0. The topological polar surface area (TPSA) is 66.6 Å². The SMILES string of the molecule is CC(C)C(=O)N1CCN(c2nc3ccccc3c3nnc(Cc4ccccc4)n23)C[C@H]1C. The molecule has 1 aliphatic rings. The fourth-order valence-electron chi connectivity index (χ4n) is 4.52. The Bertz CT molecular complexity index is 1270. The van der Waals surface area contributed by atoms with Crippen LogP contribution in [0.15, 0.2) is 54.6 Å². The van der Waals surface area contributed by atoms with Gasteiger partial charge in [0.2, 0.25) is 11.9 Å². The molecule has 7 nitrogen and oxygen atoms in total. The zero-order valence-electron chi connectivity index (χ0n) is 18.8. The van der Waals surface area contributed by atoms with E-state index in [1.807, 2.05) is 61.2 Å². The zero-order valence-corrected chi connectivity index (χ0v) is 18.8. The maximum atomic E-state index is 12.6. The zero-order chi connectivity index (χ0) is 22.2. The van der Waals surface area contributed by atoms with E-state index in [0.717, 1.165) is 41.4 Å². The number of carbonyl (C=O) groups is 1. The number of piperazine rings is 1. The molecule has 1 amide bonds. The van der Waals surface area contributed by atoms with E-state index in [1.165, 1.54) is 5.56 Å². The molecule has 164 valence electrons. The molecule has 2 aromatic heterocycles. The van der Waals surface area contributed by atoms with Crippen LogP contribution < -0.4 is 4.90 Å². The van der Waals surface area contributed by atoms with Crippen molar-refractivity contribution in [2.24, 2.45) is 5.92 Å². The molecule has 0 unspecified atom stereocenters. The van der Waals surface area contributed by atoms with Gasteiger partial charge in [0.15, 0.2) is 5.65 Å². The van der Waals surface area contributed by atoms with Gasteiger partial charge in [0.25, 0.3) is 0 Å². The summed E-state index contributed by atoms with van der Waals surface area (Å²) in [5.74, 6) is 1.93. The van der Waals surface area contributed by atoms with Gasteiger partial charge in [-0.05, 0) is 24.6 Å². The Morgan fingerprint density at radius 1 is 1.03 bits per heavy atom. The lowest BCUT2D eigenvalue weighted by molar-refractivity contribution is -0.136. The second-order valence-corrected chi connectivity index (χ2v) is 8.85. The highest BCUT2D eigenvalue weighted by Crippen LogP contribution is 2.27. The number of amides is 1. The highest BCUT2D eigenvalue weighted by atomic mass is 16.2. The molecule has 1 saturated heterocycles. The predicted octanol–water partition coefficient (Wildman–Crippen LogP) is 3.56. The van der Waals surface area contributed by atoms with Crippen LogP contribution in [0.25, 0.3) is 16.6 Å². The normalized spacial score (nSPS) is 16.9. The molecule has 0 aliphatic carbocycles. The monoisotopic (exact) mass is 428 g/mol. The second-order valence-electron chi connectivity index (χ2n) is 8.85.